The van der Waals surface area contributed by atoms with Crippen molar-refractivity contribution >= 4 is 21.6 Å². The zero-order chi connectivity index (χ0) is 12.1. The van der Waals surface area contributed by atoms with Crippen LogP contribution in [0.5, 0.6) is 0 Å². The highest BCUT2D eigenvalue weighted by molar-refractivity contribution is 7.99. The van der Waals surface area contributed by atoms with Gasteiger partial charge in [-0.05, 0) is 20.1 Å². The van der Waals surface area contributed by atoms with Gasteiger partial charge in [0.05, 0.1) is 12.4 Å². The minimum Gasteiger partial charge on any atom is -0.395 e. The summed E-state index contributed by atoms with van der Waals surface area (Å²) in [4.78, 5) is 0. The molecule has 0 aliphatic carbocycles. The third kappa shape index (κ3) is 7.16. The molecule has 0 amide bonds. The van der Waals surface area contributed by atoms with Gasteiger partial charge in [-0.3, -0.25) is 0 Å². The van der Waals surface area contributed by atoms with Gasteiger partial charge in [-0.25, -0.2) is 8.42 Å². The van der Waals surface area contributed by atoms with Crippen molar-refractivity contribution in [1.29, 1.82) is 0 Å². The van der Waals surface area contributed by atoms with Crippen molar-refractivity contribution in [2.75, 3.05) is 24.9 Å². The van der Waals surface area contributed by atoms with Crippen LogP contribution in [0, 0.1) is 0 Å². The van der Waals surface area contributed by atoms with Crippen LogP contribution in [0.3, 0.4) is 0 Å². The summed E-state index contributed by atoms with van der Waals surface area (Å²) < 4.78 is 22.1. The summed E-state index contributed by atoms with van der Waals surface area (Å²) in [6.45, 7) is 3.89. The summed E-state index contributed by atoms with van der Waals surface area (Å²) in [6.07, 6.45) is 3.16. The molecule has 0 rings (SSSR count). The topological polar surface area (TPSA) is 66.4 Å². The standard InChI is InChI=1S/C9H21NO3S2/c1-7(6-15(4,12)13)10-8(2)9(5-11)14-3/h7-11H,5-6H2,1-4H3. The quantitative estimate of drug-likeness (QED) is 0.676. The van der Waals surface area contributed by atoms with Gasteiger partial charge in [0.15, 0.2) is 0 Å². The van der Waals surface area contributed by atoms with Crippen molar-refractivity contribution in [2.24, 2.45) is 0 Å². The molecule has 0 aliphatic rings. The highest BCUT2D eigenvalue weighted by Gasteiger charge is 2.18. The average Bonchev–Trinajstić information content (AvgIpc) is 2.02. The van der Waals surface area contributed by atoms with Crippen LogP contribution >= 0.6 is 11.8 Å². The Balaban J connectivity index is 4.11. The third-order valence-electron chi connectivity index (χ3n) is 2.14. The Hall–Kier alpha value is 0.220. The summed E-state index contributed by atoms with van der Waals surface area (Å²) >= 11 is 1.58. The minimum absolute atomic E-state index is 0.0869. The second kappa shape index (κ2) is 6.73. The molecule has 0 heterocycles. The minimum atomic E-state index is -2.94. The van der Waals surface area contributed by atoms with Gasteiger partial charge in [0.25, 0.3) is 0 Å². The Kier molecular flexibility index (Phi) is 6.83. The van der Waals surface area contributed by atoms with Crippen LogP contribution in [-0.4, -0.2) is 55.7 Å². The monoisotopic (exact) mass is 255 g/mol. The number of aliphatic hydroxyl groups excluding tert-OH is 1. The molecule has 0 radical (unpaired) electrons. The molecule has 92 valence electrons. The van der Waals surface area contributed by atoms with E-state index in [-0.39, 0.29) is 29.7 Å². The lowest BCUT2D eigenvalue weighted by atomic mass is 10.2. The molecule has 15 heavy (non-hydrogen) atoms. The van der Waals surface area contributed by atoms with Crippen LogP contribution in [-0.2, 0) is 9.84 Å². The number of aliphatic hydroxyl groups is 1. The maximum atomic E-state index is 11.0. The van der Waals surface area contributed by atoms with Gasteiger partial charge in [0, 0.05) is 23.6 Å². The van der Waals surface area contributed by atoms with E-state index in [0.717, 1.165) is 0 Å². The second-order valence-electron chi connectivity index (χ2n) is 3.91. The maximum Gasteiger partial charge on any atom is 0.148 e. The van der Waals surface area contributed by atoms with Crippen molar-refractivity contribution in [2.45, 2.75) is 31.2 Å². The van der Waals surface area contributed by atoms with Crippen molar-refractivity contribution in [3.05, 3.63) is 0 Å². The van der Waals surface area contributed by atoms with Gasteiger partial charge in [-0.2, -0.15) is 11.8 Å². The van der Waals surface area contributed by atoms with Crippen LogP contribution in [0.2, 0.25) is 0 Å². The molecule has 4 nitrogen and oxygen atoms in total. The van der Waals surface area contributed by atoms with Crippen molar-refractivity contribution in [1.82, 2.24) is 5.32 Å². The number of thioether (sulfide) groups is 1. The maximum absolute atomic E-state index is 11.0. The molecule has 0 aromatic carbocycles. The zero-order valence-electron chi connectivity index (χ0n) is 9.73. The second-order valence-corrected chi connectivity index (χ2v) is 7.17. The Morgan fingerprint density at radius 2 is 1.93 bits per heavy atom. The molecule has 0 aromatic heterocycles. The summed E-state index contributed by atoms with van der Waals surface area (Å²) in [6, 6.07) is 0.0120. The molecule has 0 fully saturated rings. The lowest BCUT2D eigenvalue weighted by Crippen LogP contribution is -2.44. The molecule has 0 spiro atoms. The van der Waals surface area contributed by atoms with E-state index in [4.69, 9.17) is 5.11 Å². The Labute approximate surface area is 96.8 Å². The number of hydrogen-bond donors (Lipinski definition) is 2. The van der Waals surface area contributed by atoms with Crippen molar-refractivity contribution < 1.29 is 13.5 Å². The summed E-state index contributed by atoms with van der Waals surface area (Å²) in [7, 11) is -2.94. The first-order chi connectivity index (χ1) is 6.80. The summed E-state index contributed by atoms with van der Waals surface area (Å²) in [5, 5.41) is 12.3. The smallest absolute Gasteiger partial charge is 0.148 e. The van der Waals surface area contributed by atoms with Crippen LogP contribution in [0.4, 0.5) is 0 Å². The molecular weight excluding hydrogens is 234 g/mol. The van der Waals surface area contributed by atoms with E-state index in [1.807, 2.05) is 20.1 Å². The van der Waals surface area contributed by atoms with Gasteiger partial charge in [0.2, 0.25) is 0 Å². The van der Waals surface area contributed by atoms with E-state index in [2.05, 4.69) is 5.32 Å². The summed E-state index contributed by atoms with van der Waals surface area (Å²) in [5.74, 6) is 0.129. The van der Waals surface area contributed by atoms with Gasteiger partial charge in [0.1, 0.15) is 9.84 Å². The van der Waals surface area contributed by atoms with E-state index in [1.165, 1.54) is 6.26 Å². The molecule has 3 unspecified atom stereocenters. The lowest BCUT2D eigenvalue weighted by molar-refractivity contribution is 0.273. The van der Waals surface area contributed by atoms with Crippen LogP contribution in [0.25, 0.3) is 0 Å². The number of rotatable bonds is 7. The lowest BCUT2D eigenvalue weighted by Gasteiger charge is -2.24. The van der Waals surface area contributed by atoms with Crippen molar-refractivity contribution in [3.63, 3.8) is 0 Å². The van der Waals surface area contributed by atoms with Crippen molar-refractivity contribution in [3.8, 4) is 0 Å². The average molecular weight is 255 g/mol. The Bertz CT molecular complexity index is 263. The molecule has 6 heteroatoms. The van der Waals surface area contributed by atoms with Gasteiger partial charge in [-0.1, -0.05) is 0 Å². The predicted molar refractivity (Wildman–Crippen MR) is 66.2 cm³/mol. The first-order valence-corrected chi connectivity index (χ1v) is 8.22. The highest BCUT2D eigenvalue weighted by atomic mass is 32.2. The van der Waals surface area contributed by atoms with Crippen LogP contribution < -0.4 is 5.32 Å². The highest BCUT2D eigenvalue weighted by Crippen LogP contribution is 2.10. The number of nitrogens with one attached hydrogen (secondary N) is 1. The number of sulfone groups is 1. The molecule has 0 aliphatic heterocycles. The first-order valence-electron chi connectivity index (χ1n) is 4.87. The van der Waals surface area contributed by atoms with Gasteiger partial charge >= 0.3 is 0 Å². The zero-order valence-corrected chi connectivity index (χ0v) is 11.4. The van der Waals surface area contributed by atoms with Crippen LogP contribution in [0.15, 0.2) is 0 Å². The van der Waals surface area contributed by atoms with E-state index in [1.54, 1.807) is 11.8 Å². The number of hydrogen-bond acceptors (Lipinski definition) is 5. The van der Waals surface area contributed by atoms with E-state index < -0.39 is 9.84 Å². The molecule has 3 atom stereocenters. The predicted octanol–water partition coefficient (Wildman–Crippen LogP) is 0.122. The summed E-state index contributed by atoms with van der Waals surface area (Å²) in [5.41, 5.74) is 0. The fraction of sp³-hybridized carbons (Fsp3) is 1.00. The molecule has 2 N–H and O–H groups in total. The molecule has 0 aromatic rings. The Morgan fingerprint density at radius 1 is 1.40 bits per heavy atom. The molecule has 0 saturated heterocycles. The molecule has 0 saturated carbocycles. The SMILES string of the molecule is CSC(CO)C(C)NC(C)CS(C)(=O)=O. The van der Waals surface area contributed by atoms with E-state index in [9.17, 15) is 8.42 Å². The van der Waals surface area contributed by atoms with Crippen LogP contribution in [0.1, 0.15) is 13.8 Å². The fourth-order valence-corrected chi connectivity index (χ4v) is 3.14. The Morgan fingerprint density at radius 3 is 2.27 bits per heavy atom. The molecular formula is C9H21NO3S2. The van der Waals surface area contributed by atoms with Gasteiger partial charge < -0.3 is 10.4 Å². The largest absolute Gasteiger partial charge is 0.395 e. The van der Waals surface area contributed by atoms with E-state index in [0.29, 0.717) is 0 Å². The normalized spacial score (nSPS) is 18.5. The van der Waals surface area contributed by atoms with Gasteiger partial charge in [-0.15, -0.1) is 0 Å². The van der Waals surface area contributed by atoms with E-state index >= 15 is 0 Å². The fourth-order valence-electron chi connectivity index (χ4n) is 1.50. The third-order valence-corrected chi connectivity index (χ3v) is 4.41. The first kappa shape index (κ1) is 15.2. The molecule has 0 bridgehead atoms.